The second kappa shape index (κ2) is 7.70. The molecule has 1 aliphatic rings. The van der Waals surface area contributed by atoms with Crippen molar-refractivity contribution >= 4 is 35.0 Å². The van der Waals surface area contributed by atoms with E-state index >= 15 is 0 Å². The van der Waals surface area contributed by atoms with Crippen molar-refractivity contribution < 1.29 is 9.53 Å². The first-order chi connectivity index (χ1) is 14.3. The van der Waals surface area contributed by atoms with Crippen molar-refractivity contribution in [2.45, 2.75) is 19.9 Å². The van der Waals surface area contributed by atoms with Crippen molar-refractivity contribution in [3.8, 4) is 0 Å². The Bertz CT molecular complexity index is 1360. The van der Waals surface area contributed by atoms with Crippen LogP contribution in [0.25, 0.3) is 6.08 Å². The lowest BCUT2D eigenvalue weighted by Gasteiger charge is -2.23. The van der Waals surface area contributed by atoms with E-state index in [9.17, 15) is 9.59 Å². The summed E-state index contributed by atoms with van der Waals surface area (Å²) in [6, 6.07) is 6.56. The highest BCUT2D eigenvalue weighted by Crippen LogP contribution is 2.32. The molecule has 0 spiro atoms. The first-order valence-corrected chi connectivity index (χ1v) is 10.4. The summed E-state index contributed by atoms with van der Waals surface area (Å²) in [6.45, 7) is 3.65. The maximum atomic E-state index is 13.4. The number of aryl methyl sites for hydroxylation is 1. The first kappa shape index (κ1) is 20.3. The predicted molar refractivity (Wildman–Crippen MR) is 115 cm³/mol. The zero-order valence-electron chi connectivity index (χ0n) is 16.8. The monoisotopic (exact) mass is 442 g/mol. The van der Waals surface area contributed by atoms with Gasteiger partial charge in [-0.25, -0.2) is 9.79 Å². The van der Waals surface area contributed by atoms with Gasteiger partial charge in [0.15, 0.2) is 4.80 Å². The van der Waals surface area contributed by atoms with Crippen LogP contribution in [0.4, 0.5) is 0 Å². The molecule has 7 nitrogen and oxygen atoms in total. The number of thiazole rings is 1. The lowest BCUT2D eigenvalue weighted by Crippen LogP contribution is -2.40. The predicted octanol–water partition coefficient (Wildman–Crippen LogP) is 2.10. The first-order valence-electron chi connectivity index (χ1n) is 9.16. The summed E-state index contributed by atoms with van der Waals surface area (Å²) in [5, 5.41) is 4.92. The molecule has 2 aromatic heterocycles. The molecule has 0 saturated carbocycles. The summed E-state index contributed by atoms with van der Waals surface area (Å²) in [5.41, 5.74) is 3.08. The van der Waals surface area contributed by atoms with Gasteiger partial charge in [0, 0.05) is 23.3 Å². The van der Waals surface area contributed by atoms with Gasteiger partial charge in [-0.15, -0.1) is 0 Å². The number of rotatable bonds is 3. The Balaban J connectivity index is 1.99. The average molecular weight is 443 g/mol. The van der Waals surface area contributed by atoms with E-state index in [1.807, 2.05) is 26.1 Å². The van der Waals surface area contributed by atoms with Crippen molar-refractivity contribution in [3.05, 3.63) is 83.3 Å². The van der Waals surface area contributed by atoms with E-state index in [0.717, 1.165) is 16.8 Å². The van der Waals surface area contributed by atoms with Crippen LogP contribution in [0, 0.1) is 6.92 Å². The minimum absolute atomic E-state index is 0.226. The lowest BCUT2D eigenvalue weighted by molar-refractivity contribution is -0.136. The van der Waals surface area contributed by atoms with Gasteiger partial charge in [0.2, 0.25) is 0 Å². The normalized spacial score (nSPS) is 16.4. The van der Waals surface area contributed by atoms with E-state index in [1.54, 1.807) is 40.6 Å². The van der Waals surface area contributed by atoms with Crippen molar-refractivity contribution in [2.75, 3.05) is 7.11 Å². The smallest absolute Gasteiger partial charge is 0.338 e. The molecule has 30 heavy (non-hydrogen) atoms. The molecule has 3 aromatic rings. The second-order valence-corrected chi connectivity index (χ2v) is 8.38. The molecule has 154 valence electrons. The zero-order chi connectivity index (χ0) is 21.6. The molecular formula is C21H19ClN4O3S. The van der Waals surface area contributed by atoms with E-state index in [0.29, 0.717) is 25.6 Å². The van der Waals surface area contributed by atoms with Crippen molar-refractivity contribution in [3.63, 3.8) is 0 Å². The van der Waals surface area contributed by atoms with Crippen LogP contribution in [0.1, 0.15) is 29.8 Å². The number of hydrogen-bond acceptors (Lipinski definition) is 6. The molecule has 0 radical (unpaired) electrons. The minimum atomic E-state index is -0.658. The molecule has 0 N–H and O–H groups in total. The SMILES string of the molecule is COC(=O)C1=C(C)N=c2s/c(=C/c3ccc(Cl)cc3)c(=O)n2C1c1cnn(C)c1C. The number of halogens is 1. The van der Waals surface area contributed by atoms with Crippen LogP contribution < -0.4 is 14.9 Å². The molecule has 1 aliphatic heterocycles. The van der Waals surface area contributed by atoms with Gasteiger partial charge in [0.25, 0.3) is 5.56 Å². The maximum Gasteiger partial charge on any atom is 0.338 e. The molecule has 4 rings (SSSR count). The number of hydrogen-bond donors (Lipinski definition) is 0. The highest BCUT2D eigenvalue weighted by molar-refractivity contribution is 7.07. The van der Waals surface area contributed by atoms with Crippen molar-refractivity contribution in [1.29, 1.82) is 0 Å². The van der Waals surface area contributed by atoms with Gasteiger partial charge >= 0.3 is 5.97 Å². The zero-order valence-corrected chi connectivity index (χ0v) is 18.4. The van der Waals surface area contributed by atoms with E-state index in [-0.39, 0.29) is 5.56 Å². The molecular weight excluding hydrogens is 424 g/mol. The quantitative estimate of drug-likeness (QED) is 0.582. The fourth-order valence-electron chi connectivity index (χ4n) is 3.48. The van der Waals surface area contributed by atoms with Crippen LogP contribution in [0.15, 0.2) is 51.5 Å². The van der Waals surface area contributed by atoms with E-state index in [2.05, 4.69) is 10.1 Å². The second-order valence-electron chi connectivity index (χ2n) is 6.93. The number of benzene rings is 1. The molecule has 1 unspecified atom stereocenters. The van der Waals surface area contributed by atoms with Gasteiger partial charge in [0.1, 0.15) is 6.04 Å². The summed E-state index contributed by atoms with van der Waals surface area (Å²) >= 11 is 7.24. The molecule has 0 aliphatic carbocycles. The Morgan fingerprint density at radius 1 is 1.27 bits per heavy atom. The van der Waals surface area contributed by atoms with Crippen LogP contribution in [0.5, 0.6) is 0 Å². The van der Waals surface area contributed by atoms with E-state index in [1.165, 1.54) is 18.4 Å². The van der Waals surface area contributed by atoms with E-state index in [4.69, 9.17) is 16.3 Å². The number of ether oxygens (including phenoxy) is 1. The van der Waals surface area contributed by atoms with Crippen LogP contribution >= 0.6 is 22.9 Å². The Kier molecular flexibility index (Phi) is 5.21. The summed E-state index contributed by atoms with van der Waals surface area (Å²) in [6.07, 6.45) is 3.47. The van der Waals surface area contributed by atoms with Gasteiger partial charge in [-0.3, -0.25) is 14.0 Å². The third kappa shape index (κ3) is 3.32. The highest BCUT2D eigenvalue weighted by Gasteiger charge is 2.34. The van der Waals surface area contributed by atoms with Crippen LogP contribution in [-0.2, 0) is 16.6 Å². The van der Waals surface area contributed by atoms with E-state index < -0.39 is 12.0 Å². The molecule has 0 bridgehead atoms. The summed E-state index contributed by atoms with van der Waals surface area (Å²) in [5.74, 6) is -0.517. The molecule has 1 aromatic carbocycles. The van der Waals surface area contributed by atoms with Gasteiger partial charge in [0.05, 0.1) is 29.1 Å². The number of allylic oxidation sites excluding steroid dienone is 1. The Morgan fingerprint density at radius 3 is 2.57 bits per heavy atom. The van der Waals surface area contributed by atoms with Gasteiger partial charge < -0.3 is 4.74 Å². The van der Waals surface area contributed by atoms with Gasteiger partial charge in [-0.2, -0.15) is 5.10 Å². The van der Waals surface area contributed by atoms with Crippen LogP contribution in [-0.4, -0.2) is 27.4 Å². The molecule has 9 heteroatoms. The Labute approximate surface area is 181 Å². The van der Waals surface area contributed by atoms with Gasteiger partial charge in [-0.05, 0) is 37.6 Å². The number of fused-ring (bicyclic) bond motifs is 1. The topological polar surface area (TPSA) is 78.5 Å². The molecule has 0 amide bonds. The van der Waals surface area contributed by atoms with Crippen molar-refractivity contribution in [2.24, 2.45) is 12.0 Å². The summed E-state index contributed by atoms with van der Waals surface area (Å²) < 4.78 is 8.79. The summed E-state index contributed by atoms with van der Waals surface area (Å²) in [7, 11) is 3.14. The number of aromatic nitrogens is 3. The number of carbonyl (C=O) groups excluding carboxylic acids is 1. The fourth-order valence-corrected chi connectivity index (χ4v) is 4.65. The van der Waals surface area contributed by atoms with Crippen LogP contribution in [0.3, 0.4) is 0 Å². The molecule has 1 atom stereocenters. The Hall–Kier alpha value is -2.97. The van der Waals surface area contributed by atoms with Crippen molar-refractivity contribution in [1.82, 2.24) is 14.3 Å². The highest BCUT2D eigenvalue weighted by atomic mass is 35.5. The maximum absolute atomic E-state index is 13.4. The Morgan fingerprint density at radius 2 is 1.97 bits per heavy atom. The van der Waals surface area contributed by atoms with Crippen LogP contribution in [0.2, 0.25) is 5.02 Å². The molecule has 3 heterocycles. The molecule has 0 fully saturated rings. The standard InChI is InChI=1S/C21H19ClN4O3S/c1-11-17(20(28)29-4)18(15-10-23-25(3)12(15)2)26-19(27)16(30-21(26)24-11)9-13-5-7-14(22)8-6-13/h5-10,18H,1-4H3/b16-9+. The third-order valence-electron chi connectivity index (χ3n) is 5.16. The number of nitrogens with zero attached hydrogens (tertiary/aromatic N) is 4. The number of esters is 1. The largest absolute Gasteiger partial charge is 0.466 e. The third-order valence-corrected chi connectivity index (χ3v) is 6.40. The fraction of sp³-hybridized carbons (Fsp3) is 0.238. The average Bonchev–Trinajstić information content (AvgIpc) is 3.21. The van der Waals surface area contributed by atoms with Gasteiger partial charge in [-0.1, -0.05) is 35.1 Å². The number of methoxy groups -OCH3 is 1. The summed E-state index contributed by atoms with van der Waals surface area (Å²) in [4.78, 5) is 31.1. The molecule has 0 saturated heterocycles. The lowest BCUT2D eigenvalue weighted by atomic mass is 9.96. The number of carbonyl (C=O) groups is 1. The minimum Gasteiger partial charge on any atom is -0.466 e.